The number of hydrogen-bond donors (Lipinski definition) is 2. The fourth-order valence-electron chi connectivity index (χ4n) is 8.60. The summed E-state index contributed by atoms with van der Waals surface area (Å²) in [4.78, 5) is 12.8. The standard InChI is InChI=1S/C34H62N2O3/c1-31(2,28-20-16-12-8-7-9-13-17-21-28)39-32(3,4)36-34-25-33(26-34,27-34)35-30(37)24-38-29-22-18-14-10-5-6-11-15-19-23-29/h28-29,36H,5-27H2,1-4H3,(H,35,37). The lowest BCUT2D eigenvalue weighted by Crippen LogP contribution is -2.85. The van der Waals surface area contributed by atoms with Crippen molar-refractivity contribution < 1.29 is 14.3 Å². The molecule has 5 rings (SSSR count). The molecule has 0 aromatic rings. The van der Waals surface area contributed by atoms with Crippen LogP contribution in [-0.2, 0) is 14.3 Å². The van der Waals surface area contributed by atoms with Crippen molar-refractivity contribution in [1.29, 1.82) is 0 Å². The lowest BCUT2D eigenvalue weighted by atomic mass is 9.44. The number of nitrogens with one attached hydrogen (secondary N) is 2. The van der Waals surface area contributed by atoms with Crippen LogP contribution in [0.5, 0.6) is 0 Å². The van der Waals surface area contributed by atoms with Crippen LogP contribution in [-0.4, -0.2) is 41.0 Å². The number of carbonyl (C=O) groups is 1. The van der Waals surface area contributed by atoms with Crippen molar-refractivity contribution >= 4 is 5.91 Å². The first-order valence-electron chi connectivity index (χ1n) is 17.0. The Morgan fingerprint density at radius 1 is 0.667 bits per heavy atom. The Morgan fingerprint density at radius 2 is 1.10 bits per heavy atom. The summed E-state index contributed by atoms with van der Waals surface area (Å²) in [6.45, 7) is 9.26. The normalized spacial score (nSPS) is 30.9. The minimum Gasteiger partial charge on any atom is -0.368 e. The molecule has 5 nitrogen and oxygen atoms in total. The van der Waals surface area contributed by atoms with Crippen molar-refractivity contribution in [3.05, 3.63) is 0 Å². The van der Waals surface area contributed by atoms with Crippen LogP contribution in [0.2, 0.25) is 0 Å². The fourth-order valence-corrected chi connectivity index (χ4v) is 8.60. The van der Waals surface area contributed by atoms with Gasteiger partial charge in [-0.2, -0.15) is 0 Å². The molecule has 226 valence electrons. The van der Waals surface area contributed by atoms with Gasteiger partial charge in [0.15, 0.2) is 0 Å². The minimum atomic E-state index is -0.382. The van der Waals surface area contributed by atoms with E-state index in [0.29, 0.717) is 5.92 Å². The summed E-state index contributed by atoms with van der Waals surface area (Å²) in [6.07, 6.45) is 28.2. The van der Waals surface area contributed by atoms with Crippen LogP contribution in [0.25, 0.3) is 0 Å². The summed E-state index contributed by atoms with van der Waals surface area (Å²) >= 11 is 0. The predicted molar refractivity (Wildman–Crippen MR) is 161 cm³/mol. The minimum absolute atomic E-state index is 0.0242. The Bertz CT molecular complexity index is 722. The van der Waals surface area contributed by atoms with E-state index in [4.69, 9.17) is 9.47 Å². The molecule has 0 heterocycles. The highest BCUT2D eigenvalue weighted by atomic mass is 16.5. The highest BCUT2D eigenvalue weighted by Gasteiger charge is 2.69. The van der Waals surface area contributed by atoms with Crippen LogP contribution >= 0.6 is 0 Å². The van der Waals surface area contributed by atoms with E-state index in [2.05, 4.69) is 38.3 Å². The number of ether oxygens (including phenoxy) is 2. The van der Waals surface area contributed by atoms with Crippen molar-refractivity contribution in [2.75, 3.05) is 6.61 Å². The fraction of sp³-hybridized carbons (Fsp3) is 0.971. The Balaban J connectivity index is 1.18. The maximum atomic E-state index is 12.8. The molecule has 5 aliphatic carbocycles. The van der Waals surface area contributed by atoms with Gasteiger partial charge in [0.25, 0.3) is 0 Å². The molecule has 0 spiro atoms. The molecule has 5 fully saturated rings. The summed E-state index contributed by atoms with van der Waals surface area (Å²) in [6, 6.07) is 0. The van der Waals surface area contributed by atoms with Gasteiger partial charge in [0.2, 0.25) is 5.91 Å². The first-order valence-corrected chi connectivity index (χ1v) is 17.0. The van der Waals surface area contributed by atoms with Crippen molar-refractivity contribution in [3.63, 3.8) is 0 Å². The average molecular weight is 547 g/mol. The van der Waals surface area contributed by atoms with E-state index >= 15 is 0 Å². The summed E-state index contributed by atoms with van der Waals surface area (Å²) < 4.78 is 13.0. The molecule has 5 aliphatic rings. The highest BCUT2D eigenvalue weighted by Crippen LogP contribution is 2.61. The molecule has 1 amide bonds. The van der Waals surface area contributed by atoms with Gasteiger partial charge in [-0.05, 0) is 78.6 Å². The molecule has 0 saturated heterocycles. The second-order valence-electron chi connectivity index (χ2n) is 15.1. The van der Waals surface area contributed by atoms with Gasteiger partial charge in [0.05, 0.1) is 11.7 Å². The van der Waals surface area contributed by atoms with Crippen LogP contribution in [0, 0.1) is 5.92 Å². The topological polar surface area (TPSA) is 59.6 Å². The summed E-state index contributed by atoms with van der Waals surface area (Å²) in [7, 11) is 0. The zero-order valence-electron chi connectivity index (χ0n) is 26.1. The molecule has 0 aromatic heterocycles. The van der Waals surface area contributed by atoms with Gasteiger partial charge in [0.1, 0.15) is 12.3 Å². The van der Waals surface area contributed by atoms with Gasteiger partial charge in [-0.25, -0.2) is 0 Å². The largest absolute Gasteiger partial charge is 0.368 e. The van der Waals surface area contributed by atoms with E-state index in [1.165, 1.54) is 109 Å². The van der Waals surface area contributed by atoms with E-state index in [-0.39, 0.29) is 41.0 Å². The van der Waals surface area contributed by atoms with E-state index in [9.17, 15) is 4.79 Å². The van der Waals surface area contributed by atoms with E-state index in [1.807, 2.05) is 0 Å². The van der Waals surface area contributed by atoms with Crippen LogP contribution in [0.15, 0.2) is 0 Å². The van der Waals surface area contributed by atoms with Crippen LogP contribution in [0.1, 0.15) is 169 Å². The van der Waals surface area contributed by atoms with E-state index < -0.39 is 0 Å². The van der Waals surface area contributed by atoms with Crippen LogP contribution in [0.3, 0.4) is 0 Å². The number of rotatable bonds is 9. The Kier molecular flexibility index (Phi) is 11.2. The second kappa shape index (κ2) is 14.0. The van der Waals surface area contributed by atoms with Gasteiger partial charge in [-0.15, -0.1) is 0 Å². The Hall–Kier alpha value is -0.650. The lowest BCUT2D eigenvalue weighted by molar-refractivity contribution is -0.212. The monoisotopic (exact) mass is 546 g/mol. The van der Waals surface area contributed by atoms with Crippen molar-refractivity contribution in [2.24, 2.45) is 5.92 Å². The van der Waals surface area contributed by atoms with E-state index in [1.54, 1.807) is 0 Å². The van der Waals surface area contributed by atoms with Crippen LogP contribution in [0.4, 0.5) is 0 Å². The lowest BCUT2D eigenvalue weighted by Gasteiger charge is -2.72. The number of carbonyl (C=O) groups excluding carboxylic acids is 1. The van der Waals surface area contributed by atoms with Crippen LogP contribution < -0.4 is 10.6 Å². The molecule has 0 aromatic carbocycles. The van der Waals surface area contributed by atoms with Crippen molar-refractivity contribution in [3.8, 4) is 0 Å². The van der Waals surface area contributed by atoms with E-state index in [0.717, 1.165) is 32.1 Å². The summed E-state index contributed by atoms with van der Waals surface area (Å²) in [5.41, 5.74) is -0.438. The molecule has 0 atom stereocenters. The molecule has 2 N–H and O–H groups in total. The third-order valence-electron chi connectivity index (χ3n) is 10.4. The molecule has 5 heteroatoms. The zero-order valence-corrected chi connectivity index (χ0v) is 26.1. The molecule has 0 aliphatic heterocycles. The molecular weight excluding hydrogens is 484 g/mol. The number of hydrogen-bond acceptors (Lipinski definition) is 4. The maximum absolute atomic E-state index is 12.8. The highest BCUT2D eigenvalue weighted by molar-refractivity contribution is 5.79. The quantitative estimate of drug-likeness (QED) is 0.285. The molecular formula is C34H62N2O3. The van der Waals surface area contributed by atoms with Gasteiger partial charge < -0.3 is 14.8 Å². The molecule has 39 heavy (non-hydrogen) atoms. The van der Waals surface area contributed by atoms with Gasteiger partial charge in [-0.1, -0.05) is 96.3 Å². The van der Waals surface area contributed by atoms with Gasteiger partial charge in [0, 0.05) is 11.1 Å². The Labute approximate surface area is 240 Å². The average Bonchev–Trinajstić information content (AvgIpc) is 2.89. The molecule has 0 radical (unpaired) electrons. The third-order valence-corrected chi connectivity index (χ3v) is 10.4. The number of amides is 1. The molecule has 0 unspecified atom stereocenters. The van der Waals surface area contributed by atoms with Gasteiger partial charge >= 0.3 is 0 Å². The SMILES string of the molecule is CC(C)(NC12CC(NC(=O)COC3CCCCCCCCCC3)(C1)C2)OC(C)(C)C1CCCCCCCCC1. The molecule has 2 bridgehead atoms. The molecule has 5 saturated carbocycles. The predicted octanol–water partition coefficient (Wildman–Crippen LogP) is 8.34. The summed E-state index contributed by atoms with van der Waals surface area (Å²) in [5, 5.41) is 7.23. The zero-order chi connectivity index (χ0) is 27.8. The second-order valence-corrected chi connectivity index (χ2v) is 15.1. The smallest absolute Gasteiger partial charge is 0.246 e. The van der Waals surface area contributed by atoms with Gasteiger partial charge in [-0.3, -0.25) is 10.1 Å². The first kappa shape index (κ1) is 31.3. The van der Waals surface area contributed by atoms with Crippen molar-refractivity contribution in [1.82, 2.24) is 10.6 Å². The first-order chi connectivity index (χ1) is 18.6. The summed E-state index contributed by atoms with van der Waals surface area (Å²) in [5.74, 6) is 0.691. The van der Waals surface area contributed by atoms with Crippen molar-refractivity contribution in [2.45, 2.75) is 197 Å². The third kappa shape index (κ3) is 9.43. The maximum Gasteiger partial charge on any atom is 0.246 e. The Morgan fingerprint density at radius 3 is 1.59 bits per heavy atom.